The lowest BCUT2D eigenvalue weighted by molar-refractivity contribution is 0.259. The smallest absolute Gasteiger partial charge is 0.320 e. The largest absolute Gasteiger partial charge is 0.481 e. The maximum atomic E-state index is 6.06. The standard InChI is InChI=1S/C24H21N3O3/c1-28-22-20(13-8-14-25-22)21-15-26-24(30-17-19-11-6-3-7-12-19)27-23(21)29-16-18-9-4-2-5-10-18/h2-15H,16-17H2,1H3. The Labute approximate surface area is 175 Å². The highest BCUT2D eigenvalue weighted by molar-refractivity contribution is 5.72. The average Bonchev–Trinajstić information content (AvgIpc) is 2.83. The first-order valence-corrected chi connectivity index (χ1v) is 9.53. The van der Waals surface area contributed by atoms with Crippen molar-refractivity contribution >= 4 is 0 Å². The molecule has 0 saturated heterocycles. The molecule has 0 N–H and O–H groups in total. The van der Waals surface area contributed by atoms with E-state index in [1.165, 1.54) is 0 Å². The number of methoxy groups -OCH3 is 1. The summed E-state index contributed by atoms with van der Waals surface area (Å²) in [7, 11) is 1.58. The van der Waals surface area contributed by atoms with Crippen molar-refractivity contribution in [3.63, 3.8) is 0 Å². The summed E-state index contributed by atoms with van der Waals surface area (Å²) in [5.41, 5.74) is 3.50. The number of benzene rings is 2. The molecule has 0 aliphatic heterocycles. The molecule has 4 rings (SSSR count). The van der Waals surface area contributed by atoms with Crippen LogP contribution >= 0.6 is 0 Å². The molecule has 0 aliphatic carbocycles. The Morgan fingerprint density at radius 2 is 1.33 bits per heavy atom. The van der Waals surface area contributed by atoms with Crippen LogP contribution in [-0.2, 0) is 13.2 Å². The second-order valence-electron chi connectivity index (χ2n) is 6.48. The molecule has 2 heterocycles. The third-order valence-electron chi connectivity index (χ3n) is 4.42. The van der Waals surface area contributed by atoms with Gasteiger partial charge in [0.1, 0.15) is 13.2 Å². The number of aromatic nitrogens is 3. The van der Waals surface area contributed by atoms with Crippen molar-refractivity contribution in [3.8, 4) is 28.9 Å². The fourth-order valence-electron chi connectivity index (χ4n) is 2.92. The van der Waals surface area contributed by atoms with Gasteiger partial charge in [0, 0.05) is 12.4 Å². The molecule has 30 heavy (non-hydrogen) atoms. The fraction of sp³-hybridized carbons (Fsp3) is 0.125. The monoisotopic (exact) mass is 399 g/mol. The number of hydrogen-bond acceptors (Lipinski definition) is 6. The Morgan fingerprint density at radius 1 is 0.667 bits per heavy atom. The van der Waals surface area contributed by atoms with E-state index in [0.717, 1.165) is 16.7 Å². The lowest BCUT2D eigenvalue weighted by Crippen LogP contribution is -2.04. The van der Waals surface area contributed by atoms with Crippen molar-refractivity contribution in [2.45, 2.75) is 13.2 Å². The molecule has 6 heteroatoms. The van der Waals surface area contributed by atoms with Crippen LogP contribution in [-0.4, -0.2) is 22.1 Å². The summed E-state index contributed by atoms with van der Waals surface area (Å²) >= 11 is 0. The second kappa shape index (κ2) is 9.52. The van der Waals surface area contributed by atoms with Gasteiger partial charge in [-0.3, -0.25) is 0 Å². The molecule has 0 radical (unpaired) electrons. The van der Waals surface area contributed by atoms with Crippen molar-refractivity contribution in [1.82, 2.24) is 15.0 Å². The Hall–Kier alpha value is -3.93. The molecule has 0 fully saturated rings. The van der Waals surface area contributed by atoms with Crippen molar-refractivity contribution in [2.75, 3.05) is 7.11 Å². The quantitative estimate of drug-likeness (QED) is 0.428. The molecule has 2 aromatic carbocycles. The van der Waals surface area contributed by atoms with Crippen LogP contribution < -0.4 is 14.2 Å². The molecule has 0 aliphatic rings. The first-order chi connectivity index (χ1) is 14.8. The minimum absolute atomic E-state index is 0.244. The summed E-state index contributed by atoms with van der Waals surface area (Å²) in [6, 6.07) is 23.7. The zero-order chi connectivity index (χ0) is 20.6. The second-order valence-corrected chi connectivity index (χ2v) is 6.48. The van der Waals surface area contributed by atoms with Gasteiger partial charge in [0.05, 0.1) is 18.2 Å². The fourth-order valence-corrected chi connectivity index (χ4v) is 2.92. The third kappa shape index (κ3) is 4.72. The summed E-state index contributed by atoms with van der Waals surface area (Å²) in [5, 5.41) is 0. The van der Waals surface area contributed by atoms with Gasteiger partial charge in [-0.05, 0) is 23.3 Å². The zero-order valence-corrected chi connectivity index (χ0v) is 16.6. The van der Waals surface area contributed by atoms with Crippen molar-refractivity contribution in [1.29, 1.82) is 0 Å². The van der Waals surface area contributed by atoms with Crippen molar-refractivity contribution < 1.29 is 14.2 Å². The third-order valence-corrected chi connectivity index (χ3v) is 4.42. The predicted octanol–water partition coefficient (Wildman–Crippen LogP) is 4.71. The van der Waals surface area contributed by atoms with E-state index in [-0.39, 0.29) is 6.01 Å². The highest BCUT2D eigenvalue weighted by Gasteiger charge is 2.16. The number of hydrogen-bond donors (Lipinski definition) is 0. The molecule has 0 bridgehead atoms. The van der Waals surface area contributed by atoms with E-state index in [2.05, 4.69) is 15.0 Å². The first-order valence-electron chi connectivity index (χ1n) is 9.53. The molecule has 0 unspecified atom stereocenters. The molecule has 0 atom stereocenters. The number of rotatable bonds is 8. The number of ether oxygens (including phenoxy) is 3. The molecule has 6 nitrogen and oxygen atoms in total. The maximum absolute atomic E-state index is 6.06. The van der Waals surface area contributed by atoms with E-state index in [1.54, 1.807) is 19.5 Å². The Bertz CT molecular complexity index is 1090. The minimum atomic E-state index is 0.244. The Kier molecular flexibility index (Phi) is 6.15. The Morgan fingerprint density at radius 3 is 2.00 bits per heavy atom. The zero-order valence-electron chi connectivity index (χ0n) is 16.6. The lowest BCUT2D eigenvalue weighted by atomic mass is 10.1. The molecular formula is C24H21N3O3. The molecular weight excluding hydrogens is 378 g/mol. The van der Waals surface area contributed by atoms with E-state index in [4.69, 9.17) is 14.2 Å². The topological polar surface area (TPSA) is 66.4 Å². The summed E-state index contributed by atoms with van der Waals surface area (Å²) in [6.07, 6.45) is 3.35. The van der Waals surface area contributed by atoms with Gasteiger partial charge >= 0.3 is 6.01 Å². The highest BCUT2D eigenvalue weighted by atomic mass is 16.5. The van der Waals surface area contributed by atoms with Gasteiger partial charge in [0.25, 0.3) is 0 Å². The van der Waals surface area contributed by atoms with Crippen LogP contribution in [0.5, 0.6) is 17.8 Å². The van der Waals surface area contributed by atoms with E-state index in [0.29, 0.717) is 30.5 Å². The van der Waals surface area contributed by atoms with Gasteiger partial charge in [0.15, 0.2) is 0 Å². The predicted molar refractivity (Wildman–Crippen MR) is 113 cm³/mol. The normalized spacial score (nSPS) is 10.4. The van der Waals surface area contributed by atoms with Gasteiger partial charge in [-0.1, -0.05) is 60.7 Å². The summed E-state index contributed by atoms with van der Waals surface area (Å²) < 4.78 is 17.2. The van der Waals surface area contributed by atoms with Gasteiger partial charge in [-0.25, -0.2) is 9.97 Å². The maximum Gasteiger partial charge on any atom is 0.320 e. The van der Waals surface area contributed by atoms with Gasteiger partial charge < -0.3 is 14.2 Å². The summed E-state index contributed by atoms with van der Waals surface area (Å²) in [4.78, 5) is 13.1. The number of pyridine rings is 1. The number of nitrogens with zero attached hydrogens (tertiary/aromatic N) is 3. The molecule has 0 spiro atoms. The van der Waals surface area contributed by atoms with Gasteiger partial charge in [0.2, 0.25) is 11.8 Å². The van der Waals surface area contributed by atoms with Crippen LogP contribution in [0, 0.1) is 0 Å². The van der Waals surface area contributed by atoms with Gasteiger partial charge in [-0.15, -0.1) is 0 Å². The van der Waals surface area contributed by atoms with Gasteiger partial charge in [-0.2, -0.15) is 4.98 Å². The average molecular weight is 399 g/mol. The van der Waals surface area contributed by atoms with Crippen molar-refractivity contribution in [3.05, 3.63) is 96.3 Å². The van der Waals surface area contributed by atoms with Crippen LogP contribution in [0.25, 0.3) is 11.1 Å². The molecule has 150 valence electrons. The van der Waals surface area contributed by atoms with Crippen molar-refractivity contribution in [2.24, 2.45) is 0 Å². The SMILES string of the molecule is COc1ncccc1-c1cnc(OCc2ccccc2)nc1OCc1ccccc1. The first kappa shape index (κ1) is 19.4. The van der Waals surface area contributed by atoms with Crippen LogP contribution in [0.4, 0.5) is 0 Å². The lowest BCUT2D eigenvalue weighted by Gasteiger charge is -2.13. The van der Waals surface area contributed by atoms with Crippen LogP contribution in [0.2, 0.25) is 0 Å². The van der Waals surface area contributed by atoms with E-state index < -0.39 is 0 Å². The summed E-state index contributed by atoms with van der Waals surface area (Å²) in [6.45, 7) is 0.736. The molecule has 0 amide bonds. The highest BCUT2D eigenvalue weighted by Crippen LogP contribution is 2.34. The molecule has 2 aromatic heterocycles. The van der Waals surface area contributed by atoms with E-state index >= 15 is 0 Å². The molecule has 4 aromatic rings. The minimum Gasteiger partial charge on any atom is -0.481 e. The Balaban J connectivity index is 1.62. The van der Waals surface area contributed by atoms with Crippen LogP contribution in [0.15, 0.2) is 85.2 Å². The van der Waals surface area contributed by atoms with Crippen LogP contribution in [0.1, 0.15) is 11.1 Å². The van der Waals surface area contributed by atoms with E-state index in [1.807, 2.05) is 72.8 Å². The summed E-state index contributed by atoms with van der Waals surface area (Å²) in [5.74, 6) is 0.881. The van der Waals surface area contributed by atoms with Crippen LogP contribution in [0.3, 0.4) is 0 Å². The molecule has 0 saturated carbocycles. The van der Waals surface area contributed by atoms with E-state index in [9.17, 15) is 0 Å².